The van der Waals surface area contributed by atoms with Gasteiger partial charge in [-0.05, 0) is 18.6 Å². The highest BCUT2D eigenvalue weighted by atomic mass is 35.5. The lowest BCUT2D eigenvalue weighted by Crippen LogP contribution is -2.37. The zero-order chi connectivity index (χ0) is 24.9. The second-order valence-electron chi connectivity index (χ2n) is 8.34. The molecule has 0 bridgehead atoms. The van der Waals surface area contributed by atoms with Crippen LogP contribution in [0.15, 0.2) is 36.7 Å². The minimum absolute atomic E-state index is 0.0199. The van der Waals surface area contributed by atoms with E-state index in [-0.39, 0.29) is 10.7 Å². The quantitative estimate of drug-likeness (QED) is 0.409. The molecule has 2 aliphatic heterocycles. The second-order valence-corrected chi connectivity index (χ2v) is 8.75. The molecule has 1 aromatic heterocycles. The van der Waals surface area contributed by atoms with Gasteiger partial charge in [-0.25, -0.2) is 14.4 Å². The van der Waals surface area contributed by atoms with Crippen molar-refractivity contribution in [3.63, 3.8) is 0 Å². The highest BCUT2D eigenvalue weighted by molar-refractivity contribution is 6.31. The molecular weight excluding hydrogens is 489 g/mol. The molecule has 2 aliphatic rings. The summed E-state index contributed by atoms with van der Waals surface area (Å²) >= 11 is 5.92. The first-order valence-electron chi connectivity index (χ1n) is 11.7. The van der Waals surface area contributed by atoms with Gasteiger partial charge in [-0.15, -0.1) is 0 Å². The maximum absolute atomic E-state index is 14.5. The normalized spacial score (nSPS) is 15.1. The lowest BCUT2D eigenvalue weighted by Gasteiger charge is -2.26. The van der Waals surface area contributed by atoms with E-state index in [4.69, 9.17) is 30.5 Å². The molecule has 0 aliphatic carbocycles. The number of anilines is 3. The molecule has 1 fully saturated rings. The number of nitrogens with zero attached hydrogens (tertiary/aromatic N) is 3. The molecule has 0 atom stereocenters. The van der Waals surface area contributed by atoms with Gasteiger partial charge in [0.25, 0.3) is 0 Å². The minimum Gasteiger partial charge on any atom is -0.493 e. The van der Waals surface area contributed by atoms with Crippen molar-refractivity contribution in [2.75, 3.05) is 57.2 Å². The molecule has 11 heteroatoms. The SMILES string of the molecule is COc1cc2c(cc1OCCCN1CCOCC1)NCc1c(Nc3cccc(Cl)c3F)ncnc1O2. The molecule has 3 aromatic rings. The predicted molar refractivity (Wildman–Crippen MR) is 134 cm³/mol. The fraction of sp³-hybridized carbons (Fsp3) is 0.360. The number of hydrogen-bond donors (Lipinski definition) is 2. The third kappa shape index (κ3) is 5.40. The van der Waals surface area contributed by atoms with Crippen LogP contribution in [-0.2, 0) is 11.3 Å². The largest absolute Gasteiger partial charge is 0.493 e. The van der Waals surface area contributed by atoms with Crippen LogP contribution in [-0.4, -0.2) is 61.4 Å². The van der Waals surface area contributed by atoms with Crippen molar-refractivity contribution in [2.24, 2.45) is 0 Å². The molecule has 9 nitrogen and oxygen atoms in total. The maximum atomic E-state index is 14.5. The third-order valence-electron chi connectivity index (χ3n) is 6.02. The number of nitrogens with one attached hydrogen (secondary N) is 2. The van der Waals surface area contributed by atoms with Crippen molar-refractivity contribution in [3.8, 4) is 23.1 Å². The Labute approximate surface area is 213 Å². The number of aromatic nitrogens is 2. The van der Waals surface area contributed by atoms with Crippen LogP contribution in [0.3, 0.4) is 0 Å². The zero-order valence-electron chi connectivity index (χ0n) is 19.9. The Hall–Kier alpha value is -3.34. The second kappa shape index (κ2) is 11.2. The molecule has 0 unspecified atom stereocenters. The molecule has 0 amide bonds. The van der Waals surface area contributed by atoms with Crippen molar-refractivity contribution in [1.82, 2.24) is 14.9 Å². The fourth-order valence-corrected chi connectivity index (χ4v) is 4.27. The molecule has 0 radical (unpaired) electrons. The van der Waals surface area contributed by atoms with Gasteiger partial charge in [0.15, 0.2) is 23.1 Å². The Balaban J connectivity index is 1.31. The van der Waals surface area contributed by atoms with Gasteiger partial charge in [0.2, 0.25) is 5.88 Å². The zero-order valence-corrected chi connectivity index (χ0v) is 20.6. The van der Waals surface area contributed by atoms with Crippen LogP contribution in [0.4, 0.5) is 21.6 Å². The van der Waals surface area contributed by atoms with Crippen LogP contribution in [0.1, 0.15) is 12.0 Å². The van der Waals surface area contributed by atoms with Gasteiger partial charge in [0.05, 0.1) is 48.9 Å². The van der Waals surface area contributed by atoms with Gasteiger partial charge in [0.1, 0.15) is 12.1 Å². The Morgan fingerprint density at radius 1 is 1.19 bits per heavy atom. The van der Waals surface area contributed by atoms with Crippen molar-refractivity contribution in [1.29, 1.82) is 0 Å². The predicted octanol–water partition coefficient (Wildman–Crippen LogP) is 4.84. The third-order valence-corrected chi connectivity index (χ3v) is 6.31. The summed E-state index contributed by atoms with van der Waals surface area (Å²) in [6, 6.07) is 8.35. The van der Waals surface area contributed by atoms with E-state index in [0.29, 0.717) is 47.7 Å². The van der Waals surface area contributed by atoms with E-state index < -0.39 is 5.82 Å². The van der Waals surface area contributed by atoms with E-state index in [0.717, 1.165) is 45.0 Å². The monoisotopic (exact) mass is 515 g/mol. The van der Waals surface area contributed by atoms with Crippen molar-refractivity contribution in [2.45, 2.75) is 13.0 Å². The van der Waals surface area contributed by atoms with Crippen LogP contribution in [0.2, 0.25) is 5.02 Å². The summed E-state index contributed by atoms with van der Waals surface area (Å²) in [6.45, 7) is 5.32. The number of hydrogen-bond acceptors (Lipinski definition) is 9. The van der Waals surface area contributed by atoms with E-state index in [1.54, 1.807) is 25.3 Å². The molecule has 5 rings (SSSR count). The van der Waals surface area contributed by atoms with E-state index >= 15 is 0 Å². The molecule has 2 N–H and O–H groups in total. The maximum Gasteiger partial charge on any atom is 0.229 e. The Morgan fingerprint density at radius 2 is 2.06 bits per heavy atom. The van der Waals surface area contributed by atoms with Crippen molar-refractivity contribution < 1.29 is 23.3 Å². The molecule has 0 saturated carbocycles. The van der Waals surface area contributed by atoms with Crippen LogP contribution >= 0.6 is 11.6 Å². The highest BCUT2D eigenvalue weighted by Crippen LogP contribution is 2.43. The minimum atomic E-state index is -0.558. The Bertz CT molecular complexity index is 1230. The molecule has 1 saturated heterocycles. The number of rotatable bonds is 8. The Morgan fingerprint density at radius 3 is 2.89 bits per heavy atom. The lowest BCUT2D eigenvalue weighted by molar-refractivity contribution is 0.0357. The number of morpholine rings is 1. The average molecular weight is 516 g/mol. The standard InChI is InChI=1S/C25H27ClFN5O4/c1-33-21-13-20-19(12-22(21)35-9-3-6-32-7-10-34-11-8-32)28-14-16-24(29-15-30-25(16)36-20)31-18-5-2-4-17(26)23(18)27/h2,4-5,12-13,15,28H,3,6-11,14H2,1H3,(H,29,30,31). The van der Waals surface area contributed by atoms with Crippen molar-refractivity contribution >= 4 is 28.8 Å². The smallest absolute Gasteiger partial charge is 0.229 e. The van der Waals surface area contributed by atoms with Gasteiger partial charge in [0, 0.05) is 38.3 Å². The van der Waals surface area contributed by atoms with Crippen LogP contribution < -0.4 is 24.8 Å². The molecule has 3 heterocycles. The first-order valence-corrected chi connectivity index (χ1v) is 12.1. The summed E-state index contributed by atoms with van der Waals surface area (Å²) in [6.07, 6.45) is 2.25. The molecule has 0 spiro atoms. The van der Waals surface area contributed by atoms with E-state index in [1.165, 1.54) is 12.4 Å². The van der Waals surface area contributed by atoms with Gasteiger partial charge in [-0.2, -0.15) is 0 Å². The number of ether oxygens (including phenoxy) is 4. The van der Waals surface area contributed by atoms with E-state index in [9.17, 15) is 4.39 Å². The lowest BCUT2D eigenvalue weighted by atomic mass is 10.2. The van der Waals surface area contributed by atoms with E-state index in [1.807, 2.05) is 6.07 Å². The van der Waals surface area contributed by atoms with Crippen LogP contribution in [0.5, 0.6) is 23.1 Å². The highest BCUT2D eigenvalue weighted by Gasteiger charge is 2.23. The summed E-state index contributed by atoms with van der Waals surface area (Å²) < 4.78 is 37.6. The number of halogens is 2. The molecule has 2 aromatic carbocycles. The number of methoxy groups -OCH3 is 1. The average Bonchev–Trinajstić information content (AvgIpc) is 3.08. The Kier molecular flexibility index (Phi) is 7.55. The summed E-state index contributed by atoms with van der Waals surface area (Å²) in [4.78, 5) is 10.9. The first kappa shape index (κ1) is 24.4. The van der Waals surface area contributed by atoms with Gasteiger partial charge >= 0.3 is 0 Å². The van der Waals surface area contributed by atoms with Gasteiger partial charge in [-0.3, -0.25) is 4.90 Å². The first-order chi connectivity index (χ1) is 17.6. The van der Waals surface area contributed by atoms with Crippen molar-refractivity contribution in [3.05, 3.63) is 53.1 Å². The van der Waals surface area contributed by atoms with Gasteiger partial charge in [-0.1, -0.05) is 17.7 Å². The molecule has 190 valence electrons. The van der Waals surface area contributed by atoms with Gasteiger partial charge < -0.3 is 29.6 Å². The topological polar surface area (TPSA) is 90.0 Å². The van der Waals surface area contributed by atoms with E-state index in [2.05, 4.69) is 25.5 Å². The number of fused-ring (bicyclic) bond motifs is 2. The van der Waals surface area contributed by atoms with Crippen LogP contribution in [0.25, 0.3) is 0 Å². The fourth-order valence-electron chi connectivity index (χ4n) is 4.10. The molecular formula is C25H27ClFN5O4. The van der Waals surface area contributed by atoms with Crippen LogP contribution in [0, 0.1) is 5.82 Å². The summed E-state index contributed by atoms with van der Waals surface area (Å²) in [5.41, 5.74) is 1.57. The summed E-state index contributed by atoms with van der Waals surface area (Å²) in [7, 11) is 1.59. The number of benzene rings is 2. The molecule has 36 heavy (non-hydrogen) atoms. The summed E-state index contributed by atoms with van der Waals surface area (Å²) in [5, 5.41) is 6.36. The summed E-state index contributed by atoms with van der Waals surface area (Å²) in [5.74, 6) is 1.90.